The summed E-state index contributed by atoms with van der Waals surface area (Å²) >= 11 is 0. The largest absolute Gasteiger partial charge is 0.465 e. The Labute approximate surface area is 97.9 Å². The highest BCUT2D eigenvalue weighted by Crippen LogP contribution is 2.22. The molecule has 17 heavy (non-hydrogen) atoms. The van der Waals surface area contributed by atoms with Crippen LogP contribution in [0.4, 0.5) is 4.39 Å². The molecule has 0 aliphatic heterocycles. The van der Waals surface area contributed by atoms with Crippen molar-refractivity contribution in [2.24, 2.45) is 0 Å². The predicted molar refractivity (Wildman–Crippen MR) is 61.0 cm³/mol. The summed E-state index contributed by atoms with van der Waals surface area (Å²) in [6, 6.07) is 9.83. The number of aromatic nitrogens is 1. The lowest BCUT2D eigenvalue weighted by Crippen LogP contribution is -2.01. The van der Waals surface area contributed by atoms with Gasteiger partial charge < -0.3 is 4.74 Å². The van der Waals surface area contributed by atoms with Crippen LogP contribution >= 0.6 is 0 Å². The van der Waals surface area contributed by atoms with E-state index < -0.39 is 11.9 Å². The number of benzene rings is 1. The second-order valence-electron chi connectivity index (χ2n) is 3.41. The first-order chi connectivity index (χ1) is 8.22. The maximum atomic E-state index is 13.5. The lowest BCUT2D eigenvalue weighted by molar-refractivity contribution is 0.0601. The van der Waals surface area contributed by atoms with Crippen LogP contribution in [0, 0.1) is 5.95 Å². The van der Waals surface area contributed by atoms with Gasteiger partial charge in [0.15, 0.2) is 0 Å². The molecule has 0 unspecified atom stereocenters. The van der Waals surface area contributed by atoms with Crippen LogP contribution in [0.15, 0.2) is 42.6 Å². The minimum atomic E-state index is -0.561. The van der Waals surface area contributed by atoms with Gasteiger partial charge in [-0.3, -0.25) is 0 Å². The normalized spacial score (nSPS) is 10.0. The van der Waals surface area contributed by atoms with E-state index in [1.54, 1.807) is 36.4 Å². The van der Waals surface area contributed by atoms with Crippen molar-refractivity contribution in [2.45, 2.75) is 0 Å². The molecule has 1 heterocycles. The fourth-order valence-electron chi connectivity index (χ4n) is 1.53. The van der Waals surface area contributed by atoms with E-state index in [1.807, 2.05) is 0 Å². The van der Waals surface area contributed by atoms with Gasteiger partial charge in [-0.05, 0) is 29.8 Å². The molecule has 2 rings (SSSR count). The standard InChI is InChI=1S/C13H10FNO2/c1-17-13(16)10-5-2-4-9(8-10)11-6-3-7-15-12(11)14/h2-8H,1H3. The molecule has 0 saturated heterocycles. The molecule has 0 amide bonds. The number of esters is 1. The highest BCUT2D eigenvalue weighted by Gasteiger charge is 2.09. The molecular weight excluding hydrogens is 221 g/mol. The third kappa shape index (κ3) is 2.30. The molecule has 0 atom stereocenters. The third-order valence-electron chi connectivity index (χ3n) is 2.35. The highest BCUT2D eigenvalue weighted by molar-refractivity contribution is 5.90. The summed E-state index contributed by atoms with van der Waals surface area (Å²) in [5.41, 5.74) is 1.34. The van der Waals surface area contributed by atoms with Crippen LogP contribution in [0.5, 0.6) is 0 Å². The summed E-state index contributed by atoms with van der Waals surface area (Å²) in [5.74, 6) is -1.01. The van der Waals surface area contributed by atoms with Crippen LogP contribution < -0.4 is 0 Å². The number of rotatable bonds is 2. The van der Waals surface area contributed by atoms with Gasteiger partial charge >= 0.3 is 5.97 Å². The van der Waals surface area contributed by atoms with Gasteiger partial charge in [-0.1, -0.05) is 12.1 Å². The Kier molecular flexibility index (Phi) is 3.14. The number of pyridine rings is 1. The summed E-state index contributed by atoms with van der Waals surface area (Å²) in [5, 5.41) is 0. The van der Waals surface area contributed by atoms with Crippen LogP contribution in [-0.2, 0) is 4.74 Å². The molecule has 0 fully saturated rings. The molecule has 0 aliphatic rings. The van der Waals surface area contributed by atoms with Crippen molar-refractivity contribution in [3.63, 3.8) is 0 Å². The molecule has 86 valence electrons. The van der Waals surface area contributed by atoms with Crippen molar-refractivity contribution in [1.29, 1.82) is 0 Å². The van der Waals surface area contributed by atoms with Crippen molar-refractivity contribution in [1.82, 2.24) is 4.98 Å². The lowest BCUT2D eigenvalue weighted by atomic mass is 10.0. The number of hydrogen-bond acceptors (Lipinski definition) is 3. The zero-order valence-electron chi connectivity index (χ0n) is 9.18. The quantitative estimate of drug-likeness (QED) is 0.589. The van der Waals surface area contributed by atoms with E-state index in [9.17, 15) is 9.18 Å². The predicted octanol–water partition coefficient (Wildman–Crippen LogP) is 2.67. The minimum Gasteiger partial charge on any atom is -0.465 e. The summed E-state index contributed by atoms with van der Waals surface area (Å²) in [6.45, 7) is 0. The van der Waals surface area contributed by atoms with Gasteiger partial charge in [-0.2, -0.15) is 4.39 Å². The van der Waals surface area contributed by atoms with Gasteiger partial charge in [0.25, 0.3) is 0 Å². The molecule has 0 N–H and O–H groups in total. The van der Waals surface area contributed by atoms with E-state index >= 15 is 0 Å². The number of halogens is 1. The Bertz CT molecular complexity index is 555. The van der Waals surface area contributed by atoms with Crippen molar-refractivity contribution < 1.29 is 13.9 Å². The zero-order chi connectivity index (χ0) is 12.3. The van der Waals surface area contributed by atoms with Gasteiger partial charge in [0.2, 0.25) is 5.95 Å². The average molecular weight is 231 g/mol. The molecule has 0 aliphatic carbocycles. The van der Waals surface area contributed by atoms with E-state index in [0.717, 1.165) is 0 Å². The Balaban J connectivity index is 2.47. The molecular formula is C13H10FNO2. The zero-order valence-corrected chi connectivity index (χ0v) is 9.18. The monoisotopic (exact) mass is 231 g/mol. The number of nitrogens with zero attached hydrogens (tertiary/aromatic N) is 1. The van der Waals surface area contributed by atoms with Gasteiger partial charge in [0.1, 0.15) is 0 Å². The van der Waals surface area contributed by atoms with E-state index in [0.29, 0.717) is 16.7 Å². The number of methoxy groups -OCH3 is 1. The van der Waals surface area contributed by atoms with Crippen LogP contribution in [0.2, 0.25) is 0 Å². The van der Waals surface area contributed by atoms with Crippen LogP contribution in [0.1, 0.15) is 10.4 Å². The maximum absolute atomic E-state index is 13.5. The van der Waals surface area contributed by atoms with Crippen LogP contribution in [0.25, 0.3) is 11.1 Å². The minimum absolute atomic E-state index is 0.359. The lowest BCUT2D eigenvalue weighted by Gasteiger charge is -2.04. The Morgan fingerprint density at radius 1 is 1.29 bits per heavy atom. The van der Waals surface area contributed by atoms with E-state index in [-0.39, 0.29) is 0 Å². The highest BCUT2D eigenvalue weighted by atomic mass is 19.1. The first-order valence-electron chi connectivity index (χ1n) is 5.01. The fraction of sp³-hybridized carbons (Fsp3) is 0.0769. The maximum Gasteiger partial charge on any atom is 0.337 e. The molecule has 3 nitrogen and oxygen atoms in total. The smallest absolute Gasteiger partial charge is 0.337 e. The average Bonchev–Trinajstić information content (AvgIpc) is 2.38. The molecule has 0 radical (unpaired) electrons. The van der Waals surface area contributed by atoms with E-state index in [4.69, 9.17) is 0 Å². The molecule has 1 aromatic heterocycles. The van der Waals surface area contributed by atoms with Gasteiger partial charge in [-0.25, -0.2) is 9.78 Å². The number of hydrogen-bond donors (Lipinski definition) is 0. The SMILES string of the molecule is COC(=O)c1cccc(-c2cccnc2F)c1. The second kappa shape index (κ2) is 4.74. The number of carbonyl (C=O) groups is 1. The van der Waals surface area contributed by atoms with E-state index in [1.165, 1.54) is 13.3 Å². The summed E-state index contributed by atoms with van der Waals surface area (Å²) in [4.78, 5) is 14.9. The van der Waals surface area contributed by atoms with Crippen molar-refractivity contribution >= 4 is 5.97 Å². The molecule has 0 spiro atoms. The van der Waals surface area contributed by atoms with Crippen molar-refractivity contribution in [3.8, 4) is 11.1 Å². The topological polar surface area (TPSA) is 39.2 Å². The molecule has 2 aromatic rings. The third-order valence-corrected chi connectivity index (χ3v) is 2.35. The summed E-state index contributed by atoms with van der Waals surface area (Å²) < 4.78 is 18.1. The van der Waals surface area contributed by atoms with Crippen molar-refractivity contribution in [3.05, 3.63) is 54.1 Å². The first-order valence-corrected chi connectivity index (χ1v) is 5.01. The molecule has 4 heteroatoms. The molecule has 0 bridgehead atoms. The Hall–Kier alpha value is -2.23. The molecule has 1 aromatic carbocycles. The van der Waals surface area contributed by atoms with Crippen LogP contribution in [0.3, 0.4) is 0 Å². The summed E-state index contributed by atoms with van der Waals surface area (Å²) in [6.07, 6.45) is 1.38. The van der Waals surface area contributed by atoms with Gasteiger partial charge in [-0.15, -0.1) is 0 Å². The Morgan fingerprint density at radius 2 is 2.12 bits per heavy atom. The van der Waals surface area contributed by atoms with Crippen LogP contribution in [-0.4, -0.2) is 18.1 Å². The Morgan fingerprint density at radius 3 is 2.82 bits per heavy atom. The first kappa shape index (κ1) is 11.3. The van der Waals surface area contributed by atoms with Gasteiger partial charge in [0.05, 0.1) is 12.7 Å². The second-order valence-corrected chi connectivity index (χ2v) is 3.41. The number of ether oxygens (including phenoxy) is 1. The summed E-state index contributed by atoms with van der Waals surface area (Å²) in [7, 11) is 1.31. The van der Waals surface area contributed by atoms with Crippen molar-refractivity contribution in [2.75, 3.05) is 7.11 Å². The number of carbonyl (C=O) groups excluding carboxylic acids is 1. The van der Waals surface area contributed by atoms with E-state index in [2.05, 4.69) is 9.72 Å². The fourth-order valence-corrected chi connectivity index (χ4v) is 1.53. The molecule has 0 saturated carbocycles. The van der Waals surface area contributed by atoms with Gasteiger partial charge in [0, 0.05) is 11.8 Å².